The lowest BCUT2D eigenvalue weighted by Gasteiger charge is -2.09. The standard InChI is InChI=1S/C18H17ClN2O4/c1-11-9-13(19)5-8-15(11)21-17(23)10-16(22)20-14-6-3-12(4-7-14)18(24)25-2/h3-9H,10H2,1-2H3,(H,20,22)(H,21,23). The van der Waals surface area contributed by atoms with Crippen LogP contribution in [0.3, 0.4) is 0 Å². The molecule has 6 nitrogen and oxygen atoms in total. The van der Waals surface area contributed by atoms with Crippen molar-refractivity contribution < 1.29 is 19.1 Å². The average Bonchev–Trinajstić information content (AvgIpc) is 2.57. The summed E-state index contributed by atoms with van der Waals surface area (Å²) in [6, 6.07) is 11.2. The highest BCUT2D eigenvalue weighted by Crippen LogP contribution is 2.19. The van der Waals surface area contributed by atoms with E-state index in [9.17, 15) is 14.4 Å². The van der Waals surface area contributed by atoms with E-state index >= 15 is 0 Å². The van der Waals surface area contributed by atoms with Crippen LogP contribution in [0.5, 0.6) is 0 Å². The van der Waals surface area contributed by atoms with Crippen LogP contribution < -0.4 is 10.6 Å². The number of benzene rings is 2. The molecule has 0 aromatic heterocycles. The molecule has 2 N–H and O–H groups in total. The first-order valence-corrected chi connectivity index (χ1v) is 7.81. The maximum absolute atomic E-state index is 12.0. The van der Waals surface area contributed by atoms with Gasteiger partial charge >= 0.3 is 5.97 Å². The molecule has 0 aliphatic carbocycles. The lowest BCUT2D eigenvalue weighted by molar-refractivity contribution is -0.123. The third-order valence-corrected chi connectivity index (χ3v) is 3.61. The fourth-order valence-electron chi connectivity index (χ4n) is 2.12. The van der Waals surface area contributed by atoms with E-state index in [2.05, 4.69) is 15.4 Å². The van der Waals surface area contributed by atoms with Crippen LogP contribution in [-0.2, 0) is 14.3 Å². The summed E-state index contributed by atoms with van der Waals surface area (Å²) in [5, 5.41) is 5.83. The van der Waals surface area contributed by atoms with Crippen LogP contribution in [-0.4, -0.2) is 24.9 Å². The SMILES string of the molecule is COC(=O)c1ccc(NC(=O)CC(=O)Nc2ccc(Cl)cc2C)cc1. The normalized spacial score (nSPS) is 10.0. The van der Waals surface area contributed by atoms with Crippen LogP contribution >= 0.6 is 11.6 Å². The van der Waals surface area contributed by atoms with Crippen molar-refractivity contribution in [2.75, 3.05) is 17.7 Å². The molecule has 0 saturated carbocycles. The van der Waals surface area contributed by atoms with Crippen LogP contribution in [0, 0.1) is 6.92 Å². The second kappa shape index (κ2) is 8.30. The lowest BCUT2D eigenvalue weighted by Crippen LogP contribution is -2.21. The largest absolute Gasteiger partial charge is 0.465 e. The summed E-state index contributed by atoms with van der Waals surface area (Å²) in [7, 11) is 1.29. The van der Waals surface area contributed by atoms with Crippen LogP contribution in [0.15, 0.2) is 42.5 Å². The molecule has 0 atom stereocenters. The number of hydrogen-bond acceptors (Lipinski definition) is 4. The zero-order chi connectivity index (χ0) is 18.4. The molecule has 0 heterocycles. The highest BCUT2D eigenvalue weighted by molar-refractivity contribution is 6.30. The van der Waals surface area contributed by atoms with Crippen molar-refractivity contribution in [1.82, 2.24) is 0 Å². The van der Waals surface area contributed by atoms with E-state index in [0.717, 1.165) is 5.56 Å². The van der Waals surface area contributed by atoms with E-state index in [1.807, 2.05) is 6.92 Å². The number of aryl methyl sites for hydroxylation is 1. The smallest absolute Gasteiger partial charge is 0.337 e. The van der Waals surface area contributed by atoms with Gasteiger partial charge in [-0.25, -0.2) is 4.79 Å². The second-order valence-corrected chi connectivity index (χ2v) is 5.74. The molecule has 0 unspecified atom stereocenters. The molecule has 0 fully saturated rings. The van der Waals surface area contributed by atoms with E-state index in [4.69, 9.17) is 11.6 Å². The molecule has 2 amide bonds. The van der Waals surface area contributed by atoms with Gasteiger partial charge in [0.25, 0.3) is 0 Å². The van der Waals surface area contributed by atoms with Gasteiger partial charge in [-0.1, -0.05) is 11.6 Å². The molecule has 0 bridgehead atoms. The van der Waals surface area contributed by atoms with Crippen molar-refractivity contribution in [2.24, 2.45) is 0 Å². The number of methoxy groups -OCH3 is 1. The Bertz CT molecular complexity index is 803. The molecule has 2 rings (SSSR count). The Labute approximate surface area is 150 Å². The molecule has 25 heavy (non-hydrogen) atoms. The Balaban J connectivity index is 1.91. The van der Waals surface area contributed by atoms with E-state index in [0.29, 0.717) is 22.0 Å². The summed E-state index contributed by atoms with van der Waals surface area (Å²) in [6.45, 7) is 1.81. The predicted molar refractivity (Wildman–Crippen MR) is 95.8 cm³/mol. The second-order valence-electron chi connectivity index (χ2n) is 5.30. The molecular formula is C18H17ClN2O4. The Morgan fingerprint density at radius 3 is 2.24 bits per heavy atom. The van der Waals surface area contributed by atoms with Crippen LogP contribution in [0.2, 0.25) is 5.02 Å². The summed E-state index contributed by atoms with van der Waals surface area (Å²) in [6.07, 6.45) is -0.333. The maximum Gasteiger partial charge on any atom is 0.337 e. The molecule has 0 spiro atoms. The average molecular weight is 361 g/mol. The van der Waals surface area contributed by atoms with Crippen LogP contribution in [0.25, 0.3) is 0 Å². The Hall–Kier alpha value is -2.86. The zero-order valence-corrected chi connectivity index (χ0v) is 14.5. The Kier molecular flexibility index (Phi) is 6.14. The summed E-state index contributed by atoms with van der Waals surface area (Å²) < 4.78 is 4.60. The fourth-order valence-corrected chi connectivity index (χ4v) is 2.35. The van der Waals surface area contributed by atoms with Gasteiger partial charge in [-0.2, -0.15) is 0 Å². The maximum atomic E-state index is 12.0. The number of nitrogens with one attached hydrogen (secondary N) is 2. The summed E-state index contributed by atoms with van der Waals surface area (Å²) in [4.78, 5) is 35.3. The Morgan fingerprint density at radius 2 is 1.64 bits per heavy atom. The summed E-state index contributed by atoms with van der Waals surface area (Å²) in [5.74, 6) is -1.36. The molecule has 2 aromatic rings. The van der Waals surface area contributed by atoms with Gasteiger partial charge in [0.15, 0.2) is 0 Å². The third-order valence-electron chi connectivity index (χ3n) is 3.37. The first-order valence-electron chi connectivity index (χ1n) is 7.43. The van der Waals surface area contributed by atoms with Gasteiger partial charge in [-0.05, 0) is 55.0 Å². The minimum atomic E-state index is -0.463. The van der Waals surface area contributed by atoms with Crippen molar-refractivity contribution >= 4 is 40.8 Å². The van der Waals surface area contributed by atoms with Gasteiger partial charge < -0.3 is 15.4 Å². The number of ether oxygens (including phenoxy) is 1. The lowest BCUT2D eigenvalue weighted by atomic mass is 10.2. The van der Waals surface area contributed by atoms with Crippen molar-refractivity contribution in [2.45, 2.75) is 13.3 Å². The number of carbonyl (C=O) groups is 3. The van der Waals surface area contributed by atoms with E-state index in [-0.39, 0.29) is 6.42 Å². The molecule has 130 valence electrons. The van der Waals surface area contributed by atoms with Crippen LogP contribution in [0.4, 0.5) is 11.4 Å². The molecule has 0 aliphatic heterocycles. The van der Waals surface area contributed by atoms with Crippen molar-refractivity contribution in [3.8, 4) is 0 Å². The van der Waals surface area contributed by atoms with Crippen molar-refractivity contribution in [1.29, 1.82) is 0 Å². The number of halogens is 1. The van der Waals surface area contributed by atoms with Gasteiger partial charge in [0.05, 0.1) is 12.7 Å². The van der Waals surface area contributed by atoms with Gasteiger partial charge in [0.1, 0.15) is 6.42 Å². The van der Waals surface area contributed by atoms with E-state index < -0.39 is 17.8 Å². The number of amides is 2. The fraction of sp³-hybridized carbons (Fsp3) is 0.167. The predicted octanol–water partition coefficient (Wildman–Crippen LogP) is 3.40. The molecule has 2 aromatic carbocycles. The quantitative estimate of drug-likeness (QED) is 0.632. The minimum absolute atomic E-state index is 0.333. The van der Waals surface area contributed by atoms with Gasteiger partial charge in [0.2, 0.25) is 11.8 Å². The van der Waals surface area contributed by atoms with Gasteiger partial charge in [-0.3, -0.25) is 9.59 Å². The molecule has 0 aliphatic rings. The first-order chi connectivity index (χ1) is 11.9. The highest BCUT2D eigenvalue weighted by atomic mass is 35.5. The van der Waals surface area contributed by atoms with Crippen LogP contribution in [0.1, 0.15) is 22.3 Å². The molecule has 7 heteroatoms. The number of carbonyl (C=O) groups excluding carboxylic acids is 3. The molecule has 0 radical (unpaired) electrons. The highest BCUT2D eigenvalue weighted by Gasteiger charge is 2.12. The van der Waals surface area contributed by atoms with E-state index in [1.165, 1.54) is 19.2 Å². The van der Waals surface area contributed by atoms with Gasteiger partial charge in [0, 0.05) is 16.4 Å². The van der Waals surface area contributed by atoms with Crippen molar-refractivity contribution in [3.05, 3.63) is 58.6 Å². The first kappa shape index (κ1) is 18.5. The monoisotopic (exact) mass is 360 g/mol. The number of rotatable bonds is 5. The van der Waals surface area contributed by atoms with E-state index in [1.54, 1.807) is 30.3 Å². The van der Waals surface area contributed by atoms with Gasteiger partial charge in [-0.15, -0.1) is 0 Å². The Morgan fingerprint density at radius 1 is 1.00 bits per heavy atom. The zero-order valence-electron chi connectivity index (χ0n) is 13.8. The summed E-state index contributed by atoms with van der Waals surface area (Å²) >= 11 is 5.86. The number of anilines is 2. The minimum Gasteiger partial charge on any atom is -0.465 e. The number of hydrogen-bond donors (Lipinski definition) is 2. The number of esters is 1. The topological polar surface area (TPSA) is 84.5 Å². The van der Waals surface area contributed by atoms with Crippen molar-refractivity contribution in [3.63, 3.8) is 0 Å². The third kappa shape index (κ3) is 5.32. The summed E-state index contributed by atoms with van der Waals surface area (Å²) in [5.41, 5.74) is 2.26. The molecule has 0 saturated heterocycles. The molecular weight excluding hydrogens is 344 g/mol.